The summed E-state index contributed by atoms with van der Waals surface area (Å²) in [4.78, 5) is 17.6. The zero-order chi connectivity index (χ0) is 23.8. The van der Waals surface area contributed by atoms with E-state index >= 15 is 0 Å². The first-order valence-electron chi connectivity index (χ1n) is 11.4. The molecule has 174 valence electrons. The number of H-pyrrole nitrogens is 1. The van der Waals surface area contributed by atoms with Crippen LogP contribution in [-0.2, 0) is 20.0 Å². The summed E-state index contributed by atoms with van der Waals surface area (Å²) in [6.07, 6.45) is 7.93. The van der Waals surface area contributed by atoms with Crippen molar-refractivity contribution in [1.29, 1.82) is 0 Å². The summed E-state index contributed by atoms with van der Waals surface area (Å²) in [5.41, 5.74) is 6.22. The van der Waals surface area contributed by atoms with E-state index in [-0.39, 0.29) is 5.91 Å². The van der Waals surface area contributed by atoms with E-state index in [0.717, 1.165) is 56.8 Å². The first-order valence-corrected chi connectivity index (χ1v) is 11.4. The van der Waals surface area contributed by atoms with Crippen molar-refractivity contribution in [1.82, 2.24) is 25.0 Å². The van der Waals surface area contributed by atoms with Gasteiger partial charge in [-0.05, 0) is 29.8 Å². The van der Waals surface area contributed by atoms with Crippen LogP contribution >= 0.6 is 0 Å². The van der Waals surface area contributed by atoms with E-state index in [4.69, 9.17) is 4.74 Å². The number of benzene rings is 2. The van der Waals surface area contributed by atoms with Gasteiger partial charge in [0.05, 0.1) is 30.1 Å². The highest BCUT2D eigenvalue weighted by atomic mass is 16.5. The van der Waals surface area contributed by atoms with Crippen LogP contribution in [0.25, 0.3) is 22.0 Å². The van der Waals surface area contributed by atoms with E-state index in [0.29, 0.717) is 18.7 Å². The van der Waals surface area contributed by atoms with Crippen LogP contribution in [0.15, 0.2) is 67.3 Å². The van der Waals surface area contributed by atoms with Crippen LogP contribution < -0.4 is 15.4 Å². The molecule has 3 aromatic heterocycles. The summed E-state index contributed by atoms with van der Waals surface area (Å²) in [7, 11) is 1.86. The minimum Gasteiger partial charge on any atom is -0.492 e. The first kappa shape index (κ1) is 20.9. The van der Waals surface area contributed by atoms with Crippen molar-refractivity contribution < 1.29 is 9.53 Å². The van der Waals surface area contributed by atoms with Crippen LogP contribution in [0, 0.1) is 0 Å². The number of nitrogens with zero attached hydrogens (tertiary/aromatic N) is 4. The number of aryl methyl sites for hydroxylation is 1. The molecule has 6 rings (SSSR count). The van der Waals surface area contributed by atoms with Gasteiger partial charge in [-0.3, -0.25) is 14.6 Å². The van der Waals surface area contributed by atoms with E-state index in [1.165, 1.54) is 0 Å². The van der Waals surface area contributed by atoms with E-state index < -0.39 is 0 Å². The highest BCUT2D eigenvalue weighted by Crippen LogP contribution is 2.39. The van der Waals surface area contributed by atoms with Gasteiger partial charge in [-0.2, -0.15) is 10.2 Å². The summed E-state index contributed by atoms with van der Waals surface area (Å²) < 4.78 is 7.67. The van der Waals surface area contributed by atoms with Crippen LogP contribution in [-0.4, -0.2) is 37.5 Å². The third-order valence-electron chi connectivity index (χ3n) is 6.22. The topological polar surface area (TPSA) is 110 Å². The van der Waals surface area contributed by atoms with Gasteiger partial charge in [-0.15, -0.1) is 0 Å². The van der Waals surface area contributed by atoms with Crippen molar-refractivity contribution >= 4 is 28.3 Å². The first-order chi connectivity index (χ1) is 17.2. The maximum Gasteiger partial charge on any atom is 0.256 e. The van der Waals surface area contributed by atoms with Crippen molar-refractivity contribution in [2.75, 3.05) is 17.2 Å². The molecule has 3 N–H and O–H groups in total. The molecule has 4 heterocycles. The fraction of sp³-hybridized carbons (Fsp3) is 0.154. The number of nitrogens with one attached hydrogen (secondary N) is 3. The number of ether oxygens (including phenoxy) is 1. The minimum absolute atomic E-state index is 0.167. The maximum atomic E-state index is 13.0. The van der Waals surface area contributed by atoms with Crippen LogP contribution in [0.3, 0.4) is 0 Å². The molecular formula is C26H23N7O2. The molecule has 5 aromatic rings. The summed E-state index contributed by atoms with van der Waals surface area (Å²) >= 11 is 0. The average Bonchev–Trinajstić information content (AvgIpc) is 3.64. The SMILES string of the molecule is Cn1ncc2c(C(=O)Nc3cccc(CNc4ncc(-c5cn[nH]c5)c5c4CCO5)c3)cccc21. The fourth-order valence-corrected chi connectivity index (χ4v) is 4.46. The zero-order valence-corrected chi connectivity index (χ0v) is 19.1. The maximum absolute atomic E-state index is 13.0. The largest absolute Gasteiger partial charge is 0.492 e. The van der Waals surface area contributed by atoms with Gasteiger partial charge in [0.25, 0.3) is 5.91 Å². The standard InChI is InChI=1S/C26H23N7O2/c1-33-23-7-3-6-19(22(23)15-31-33)26(34)32-18-5-2-4-16(10-18)11-27-25-20-8-9-35-24(20)21(14-28-25)17-12-29-30-13-17/h2-7,10,12-15H,8-9,11H2,1H3,(H,27,28)(H,29,30)(H,32,34). The molecule has 0 bridgehead atoms. The number of aromatic nitrogens is 5. The molecule has 0 aliphatic carbocycles. The van der Waals surface area contributed by atoms with Crippen LogP contribution in [0.2, 0.25) is 0 Å². The second kappa shape index (κ2) is 8.60. The highest BCUT2D eigenvalue weighted by Gasteiger charge is 2.22. The summed E-state index contributed by atoms with van der Waals surface area (Å²) in [6.45, 7) is 1.19. The van der Waals surface area contributed by atoms with E-state index in [1.54, 1.807) is 17.1 Å². The monoisotopic (exact) mass is 465 g/mol. The number of carbonyl (C=O) groups excluding carboxylic acids is 1. The van der Waals surface area contributed by atoms with E-state index in [1.807, 2.05) is 61.9 Å². The second-order valence-corrected chi connectivity index (χ2v) is 8.43. The molecule has 1 aliphatic rings. The number of pyridine rings is 1. The molecule has 35 heavy (non-hydrogen) atoms. The van der Waals surface area contributed by atoms with Gasteiger partial charge in [-0.25, -0.2) is 4.98 Å². The Kier molecular flexibility index (Phi) is 5.14. The van der Waals surface area contributed by atoms with Crippen molar-refractivity contribution in [3.05, 3.63) is 83.9 Å². The van der Waals surface area contributed by atoms with E-state index in [9.17, 15) is 4.79 Å². The lowest BCUT2D eigenvalue weighted by Gasteiger charge is -2.13. The molecular weight excluding hydrogens is 442 g/mol. The van der Waals surface area contributed by atoms with Gasteiger partial charge in [0.2, 0.25) is 0 Å². The number of carbonyl (C=O) groups is 1. The predicted octanol–water partition coefficient (Wildman–Crippen LogP) is 4.16. The molecule has 9 heteroatoms. The Morgan fingerprint density at radius 3 is 2.97 bits per heavy atom. The van der Waals surface area contributed by atoms with Crippen molar-refractivity contribution in [2.45, 2.75) is 13.0 Å². The Bertz CT molecular complexity index is 1540. The number of hydrogen-bond acceptors (Lipinski definition) is 6. The number of amides is 1. The lowest BCUT2D eigenvalue weighted by atomic mass is 10.1. The quantitative estimate of drug-likeness (QED) is 0.347. The predicted molar refractivity (Wildman–Crippen MR) is 133 cm³/mol. The van der Waals surface area contributed by atoms with Gasteiger partial charge in [0.15, 0.2) is 0 Å². The van der Waals surface area contributed by atoms with Crippen LogP contribution in [0.1, 0.15) is 21.5 Å². The van der Waals surface area contributed by atoms with Crippen LogP contribution in [0.4, 0.5) is 11.5 Å². The minimum atomic E-state index is -0.167. The van der Waals surface area contributed by atoms with Crippen molar-refractivity contribution in [3.63, 3.8) is 0 Å². The molecule has 0 fully saturated rings. The van der Waals surface area contributed by atoms with Gasteiger partial charge in [-0.1, -0.05) is 18.2 Å². The summed E-state index contributed by atoms with van der Waals surface area (Å²) in [6, 6.07) is 13.4. The number of aromatic amines is 1. The molecule has 0 spiro atoms. The lowest BCUT2D eigenvalue weighted by molar-refractivity contribution is 0.102. The van der Waals surface area contributed by atoms with E-state index in [2.05, 4.69) is 30.9 Å². The number of fused-ring (bicyclic) bond motifs is 2. The Labute approximate surface area is 201 Å². The molecule has 0 radical (unpaired) electrons. The number of anilines is 2. The lowest BCUT2D eigenvalue weighted by Crippen LogP contribution is -2.12. The highest BCUT2D eigenvalue weighted by molar-refractivity contribution is 6.12. The molecule has 9 nitrogen and oxygen atoms in total. The second-order valence-electron chi connectivity index (χ2n) is 8.43. The molecule has 1 aliphatic heterocycles. The summed E-state index contributed by atoms with van der Waals surface area (Å²) in [5.74, 6) is 1.50. The Balaban J connectivity index is 1.19. The third-order valence-corrected chi connectivity index (χ3v) is 6.22. The molecule has 1 amide bonds. The average molecular weight is 466 g/mol. The normalized spacial score (nSPS) is 12.4. The smallest absolute Gasteiger partial charge is 0.256 e. The van der Waals surface area contributed by atoms with Crippen molar-refractivity contribution in [3.8, 4) is 16.9 Å². The van der Waals surface area contributed by atoms with Crippen molar-refractivity contribution in [2.24, 2.45) is 7.05 Å². The molecule has 0 saturated carbocycles. The fourth-order valence-electron chi connectivity index (χ4n) is 4.46. The summed E-state index contributed by atoms with van der Waals surface area (Å²) in [5, 5.41) is 18.4. The number of rotatable bonds is 6. The zero-order valence-electron chi connectivity index (χ0n) is 19.1. The van der Waals surface area contributed by atoms with Gasteiger partial charge in [0, 0.05) is 60.2 Å². The third kappa shape index (κ3) is 3.86. The van der Waals surface area contributed by atoms with Gasteiger partial charge < -0.3 is 15.4 Å². The Morgan fingerprint density at radius 2 is 2.09 bits per heavy atom. The molecule has 0 unspecified atom stereocenters. The molecule has 2 aromatic carbocycles. The Morgan fingerprint density at radius 1 is 1.17 bits per heavy atom. The molecule has 0 atom stereocenters. The van der Waals surface area contributed by atoms with Crippen LogP contribution in [0.5, 0.6) is 5.75 Å². The van der Waals surface area contributed by atoms with Gasteiger partial charge in [0.1, 0.15) is 11.6 Å². The number of hydrogen-bond donors (Lipinski definition) is 3. The van der Waals surface area contributed by atoms with Gasteiger partial charge >= 0.3 is 0 Å². The molecule has 0 saturated heterocycles. The Hall–Kier alpha value is -4.66.